The summed E-state index contributed by atoms with van der Waals surface area (Å²) in [6.07, 6.45) is 1.46. The Balaban J connectivity index is 1.84. The van der Waals surface area contributed by atoms with E-state index in [0.717, 1.165) is 5.75 Å². The fourth-order valence-electron chi connectivity index (χ4n) is 1.99. The van der Waals surface area contributed by atoms with Gasteiger partial charge in [0.15, 0.2) is 0 Å². The molecule has 0 saturated heterocycles. The number of carbonyl (C=O) groups excluding carboxylic acids is 1. The number of amides is 1. The van der Waals surface area contributed by atoms with Crippen molar-refractivity contribution in [3.8, 4) is 5.75 Å². The lowest BCUT2D eigenvalue weighted by Crippen LogP contribution is -2.28. The van der Waals surface area contributed by atoms with Crippen LogP contribution >= 0.6 is 0 Å². The van der Waals surface area contributed by atoms with Crippen molar-refractivity contribution < 1.29 is 17.9 Å². The minimum Gasteiger partial charge on any atom is -0.492 e. The summed E-state index contributed by atoms with van der Waals surface area (Å²) in [5.74, 6) is 0.443. The molecule has 0 saturated carbocycles. The van der Waals surface area contributed by atoms with E-state index < -0.39 is 10.0 Å². The third-order valence-corrected chi connectivity index (χ3v) is 4.68. The Morgan fingerprint density at radius 1 is 1.08 bits per heavy atom. The standard InChI is InChI=1S/C18H20N2O4S/c1-2-12-20-25(22,23)17-10-8-15(9-11-17)18(21)19-13-14-24-16-6-4-3-5-7-16/h2-11,20H,1,12-14H2,(H,19,21). The summed E-state index contributed by atoms with van der Waals surface area (Å²) in [7, 11) is -3.59. The lowest BCUT2D eigenvalue weighted by Gasteiger charge is -2.08. The van der Waals surface area contributed by atoms with Gasteiger partial charge in [0.05, 0.1) is 11.4 Å². The largest absolute Gasteiger partial charge is 0.492 e. The highest BCUT2D eigenvalue weighted by molar-refractivity contribution is 7.89. The normalized spacial score (nSPS) is 10.9. The second-order valence-electron chi connectivity index (χ2n) is 5.08. The highest BCUT2D eigenvalue weighted by atomic mass is 32.2. The molecule has 0 aliphatic heterocycles. The average Bonchev–Trinajstić information content (AvgIpc) is 2.64. The molecule has 0 unspecified atom stereocenters. The Bertz CT molecular complexity index is 803. The molecule has 25 heavy (non-hydrogen) atoms. The van der Waals surface area contributed by atoms with Crippen LogP contribution in [0.15, 0.2) is 72.1 Å². The number of ether oxygens (including phenoxy) is 1. The van der Waals surface area contributed by atoms with E-state index in [1.807, 2.05) is 30.3 Å². The van der Waals surface area contributed by atoms with Crippen molar-refractivity contribution in [1.29, 1.82) is 0 Å². The van der Waals surface area contributed by atoms with Gasteiger partial charge in [0.2, 0.25) is 10.0 Å². The third kappa shape index (κ3) is 5.74. The fraction of sp³-hybridized carbons (Fsp3) is 0.167. The minimum absolute atomic E-state index is 0.0957. The molecule has 0 heterocycles. The maximum absolute atomic E-state index is 12.0. The molecular weight excluding hydrogens is 340 g/mol. The van der Waals surface area contributed by atoms with Gasteiger partial charge < -0.3 is 10.1 Å². The van der Waals surface area contributed by atoms with Crippen LogP contribution in [0.2, 0.25) is 0 Å². The summed E-state index contributed by atoms with van der Waals surface area (Å²) in [4.78, 5) is 12.1. The number of hydrogen-bond donors (Lipinski definition) is 2. The zero-order chi connectivity index (χ0) is 18.1. The number of rotatable bonds is 9. The van der Waals surface area contributed by atoms with Gasteiger partial charge in [-0.05, 0) is 36.4 Å². The Morgan fingerprint density at radius 2 is 1.76 bits per heavy atom. The third-order valence-electron chi connectivity index (χ3n) is 3.24. The monoisotopic (exact) mass is 360 g/mol. The number of para-hydroxylation sites is 1. The number of nitrogens with one attached hydrogen (secondary N) is 2. The van der Waals surface area contributed by atoms with E-state index >= 15 is 0 Å². The summed E-state index contributed by atoms with van der Waals surface area (Å²) in [5.41, 5.74) is 0.377. The molecule has 0 fully saturated rings. The number of hydrogen-bond acceptors (Lipinski definition) is 4. The van der Waals surface area contributed by atoms with E-state index in [0.29, 0.717) is 18.7 Å². The molecule has 2 aromatic carbocycles. The Kier molecular flexibility index (Phi) is 6.73. The zero-order valence-electron chi connectivity index (χ0n) is 13.6. The molecule has 2 aromatic rings. The van der Waals surface area contributed by atoms with Crippen LogP contribution in [0.1, 0.15) is 10.4 Å². The van der Waals surface area contributed by atoms with Gasteiger partial charge in [-0.2, -0.15) is 0 Å². The van der Waals surface area contributed by atoms with Gasteiger partial charge in [-0.3, -0.25) is 4.79 Å². The average molecular weight is 360 g/mol. The predicted octanol–water partition coefficient (Wildman–Crippen LogP) is 1.96. The Morgan fingerprint density at radius 3 is 2.40 bits per heavy atom. The summed E-state index contributed by atoms with van der Waals surface area (Å²) in [6, 6.07) is 15.0. The molecule has 0 spiro atoms. The SMILES string of the molecule is C=CCNS(=O)(=O)c1ccc(C(=O)NCCOc2ccccc2)cc1. The zero-order valence-corrected chi connectivity index (χ0v) is 14.5. The van der Waals surface area contributed by atoms with Crippen LogP contribution in [0.5, 0.6) is 5.75 Å². The summed E-state index contributed by atoms with van der Waals surface area (Å²) < 4.78 is 31.7. The first-order valence-electron chi connectivity index (χ1n) is 7.69. The second-order valence-corrected chi connectivity index (χ2v) is 6.85. The van der Waals surface area contributed by atoms with E-state index in [4.69, 9.17) is 4.74 Å². The van der Waals surface area contributed by atoms with E-state index in [1.165, 1.54) is 30.3 Å². The second kappa shape index (κ2) is 9.00. The fourth-order valence-corrected chi connectivity index (χ4v) is 2.99. The van der Waals surface area contributed by atoms with Crippen LogP contribution in [0.3, 0.4) is 0 Å². The molecule has 6 nitrogen and oxygen atoms in total. The van der Waals surface area contributed by atoms with E-state index in [1.54, 1.807) is 0 Å². The summed E-state index contributed by atoms with van der Waals surface area (Å²) >= 11 is 0. The maximum Gasteiger partial charge on any atom is 0.251 e. The molecule has 7 heteroatoms. The molecule has 0 bridgehead atoms. The maximum atomic E-state index is 12.0. The van der Waals surface area contributed by atoms with Gasteiger partial charge in [-0.1, -0.05) is 24.3 Å². The highest BCUT2D eigenvalue weighted by Crippen LogP contribution is 2.11. The van der Waals surface area contributed by atoms with Gasteiger partial charge in [0.25, 0.3) is 5.91 Å². The molecular formula is C18H20N2O4S. The Hall–Kier alpha value is -2.64. The van der Waals surface area contributed by atoms with Crippen molar-refractivity contribution in [2.24, 2.45) is 0 Å². The van der Waals surface area contributed by atoms with Gasteiger partial charge in [0.1, 0.15) is 12.4 Å². The van der Waals surface area contributed by atoms with Crippen LogP contribution in [-0.2, 0) is 10.0 Å². The van der Waals surface area contributed by atoms with Crippen molar-refractivity contribution in [3.05, 3.63) is 72.8 Å². The molecule has 1 amide bonds. The number of carbonyl (C=O) groups is 1. The lowest BCUT2D eigenvalue weighted by atomic mass is 10.2. The van der Waals surface area contributed by atoms with Crippen LogP contribution in [0, 0.1) is 0 Å². The van der Waals surface area contributed by atoms with Crippen LogP contribution < -0.4 is 14.8 Å². The van der Waals surface area contributed by atoms with Crippen molar-refractivity contribution in [2.45, 2.75) is 4.90 Å². The van der Waals surface area contributed by atoms with Crippen molar-refractivity contribution in [2.75, 3.05) is 19.7 Å². The molecule has 2 N–H and O–H groups in total. The quantitative estimate of drug-likeness (QED) is 0.529. The lowest BCUT2D eigenvalue weighted by molar-refractivity contribution is 0.0947. The predicted molar refractivity (Wildman–Crippen MR) is 96.1 cm³/mol. The van der Waals surface area contributed by atoms with E-state index in [-0.39, 0.29) is 17.3 Å². The smallest absolute Gasteiger partial charge is 0.251 e. The van der Waals surface area contributed by atoms with Gasteiger partial charge in [-0.15, -0.1) is 6.58 Å². The molecule has 0 radical (unpaired) electrons. The first kappa shape index (κ1) is 18.7. The van der Waals surface area contributed by atoms with Crippen molar-refractivity contribution in [1.82, 2.24) is 10.0 Å². The first-order chi connectivity index (χ1) is 12.0. The molecule has 132 valence electrons. The molecule has 0 atom stereocenters. The number of benzene rings is 2. The van der Waals surface area contributed by atoms with Crippen LogP contribution in [0.4, 0.5) is 0 Å². The van der Waals surface area contributed by atoms with Gasteiger partial charge in [-0.25, -0.2) is 13.1 Å². The molecule has 0 aromatic heterocycles. The molecule has 2 rings (SSSR count). The van der Waals surface area contributed by atoms with Gasteiger partial charge >= 0.3 is 0 Å². The van der Waals surface area contributed by atoms with E-state index in [9.17, 15) is 13.2 Å². The van der Waals surface area contributed by atoms with Crippen LogP contribution in [0.25, 0.3) is 0 Å². The van der Waals surface area contributed by atoms with Gasteiger partial charge in [0, 0.05) is 12.1 Å². The summed E-state index contributed by atoms with van der Waals surface area (Å²) in [6.45, 7) is 4.29. The van der Waals surface area contributed by atoms with Crippen molar-refractivity contribution in [3.63, 3.8) is 0 Å². The first-order valence-corrected chi connectivity index (χ1v) is 9.18. The molecule has 0 aliphatic rings. The van der Waals surface area contributed by atoms with E-state index in [2.05, 4.69) is 16.6 Å². The Labute approximate surface area is 147 Å². The van der Waals surface area contributed by atoms with Crippen molar-refractivity contribution >= 4 is 15.9 Å². The molecule has 0 aliphatic carbocycles. The topological polar surface area (TPSA) is 84.5 Å². The summed E-state index contributed by atoms with van der Waals surface area (Å²) in [5, 5.41) is 2.72. The number of sulfonamides is 1. The highest BCUT2D eigenvalue weighted by Gasteiger charge is 2.13. The van der Waals surface area contributed by atoms with Crippen LogP contribution in [-0.4, -0.2) is 34.0 Å². The minimum atomic E-state index is -3.59.